The van der Waals surface area contributed by atoms with Crippen LogP contribution in [-0.2, 0) is 11.3 Å². The maximum atomic E-state index is 11.5. The molecule has 0 aliphatic carbocycles. The zero-order chi connectivity index (χ0) is 11.7. The zero-order valence-electron chi connectivity index (χ0n) is 8.94. The largest absolute Gasteiger partial charge is 0.327 e. The Labute approximate surface area is 93.5 Å². The number of nitrogens with zero attached hydrogens (tertiary/aromatic N) is 3. The number of carbonyl (C=O) groups is 1. The predicted molar refractivity (Wildman–Crippen MR) is 62.4 cm³/mol. The van der Waals surface area contributed by atoms with Crippen molar-refractivity contribution in [1.82, 2.24) is 19.5 Å². The third-order valence-electron chi connectivity index (χ3n) is 2.12. The monoisotopic (exact) mass is 225 g/mol. The second-order valence-electron chi connectivity index (χ2n) is 3.29. The molecule has 0 aromatic carbocycles. The average Bonchev–Trinajstić information content (AvgIpc) is 2.52. The Bertz CT molecular complexity index is 607. The fourth-order valence-electron chi connectivity index (χ4n) is 1.46. The smallest absolute Gasteiger partial charge is 0.303 e. The van der Waals surface area contributed by atoms with Crippen LogP contribution in [0.15, 0.2) is 11.0 Å². The fraction of sp³-hybridized carbons (Fsp3) is 0.333. The van der Waals surface area contributed by atoms with Crippen molar-refractivity contribution >= 4 is 23.0 Å². The number of amides is 1. The van der Waals surface area contributed by atoms with E-state index in [9.17, 15) is 9.59 Å². The van der Waals surface area contributed by atoms with Crippen LogP contribution in [0.2, 0.25) is 0 Å². The van der Waals surface area contributed by atoms with Crippen LogP contribution < -0.4 is 11.0 Å². The Morgan fingerprint density at radius 1 is 1.69 bits per heavy atom. The highest BCUT2D eigenvalue weighted by Gasteiger charge is 2.08. The maximum absolute atomic E-state index is 11.5. The van der Waals surface area contributed by atoms with E-state index < -0.39 is 0 Å². The van der Waals surface area contributed by atoms with Gasteiger partial charge in [-0.1, -0.05) is 0 Å². The second-order valence-corrected chi connectivity index (χ2v) is 3.29. The molecule has 0 aliphatic rings. The van der Waals surface area contributed by atoms with Gasteiger partial charge < -0.3 is 4.98 Å². The first-order valence-corrected chi connectivity index (χ1v) is 4.85. The van der Waals surface area contributed by atoms with E-state index in [4.69, 9.17) is 0 Å². The third-order valence-corrected chi connectivity index (χ3v) is 2.12. The molecule has 2 aromatic heterocycles. The van der Waals surface area contributed by atoms with Crippen molar-refractivity contribution in [2.75, 3.05) is 5.32 Å². The van der Waals surface area contributed by atoms with Crippen LogP contribution in [0.5, 0.6) is 0 Å². The van der Waals surface area contributed by atoms with Crippen molar-refractivity contribution in [1.29, 1.82) is 0 Å². The molecular weight excluding hydrogens is 210 g/mol. The molecule has 0 bridgehead atoms. The van der Waals surface area contributed by atoms with Gasteiger partial charge in [-0.2, -0.15) is 4.98 Å². The number of H-pyrrole nitrogens is 1. The number of aromatic amines is 1. The molecule has 2 heterocycles. The highest BCUT2D eigenvalue weighted by Crippen LogP contribution is 2.08. The lowest BCUT2D eigenvalue weighted by Gasteiger charge is -2.00. The molecular formula is C9H15N5O2. The molecule has 0 atom stereocenters. The summed E-state index contributed by atoms with van der Waals surface area (Å²) in [5.41, 5.74) is 0.818. The van der Waals surface area contributed by atoms with E-state index in [1.165, 1.54) is 17.7 Å². The van der Waals surface area contributed by atoms with Gasteiger partial charge in [0.1, 0.15) is 5.52 Å². The van der Waals surface area contributed by atoms with Crippen LogP contribution in [0.25, 0.3) is 11.2 Å². The highest BCUT2D eigenvalue weighted by molar-refractivity contribution is 5.87. The summed E-state index contributed by atoms with van der Waals surface area (Å²) in [4.78, 5) is 32.9. The van der Waals surface area contributed by atoms with Crippen LogP contribution in [0, 0.1) is 0 Å². The number of nitrogens with one attached hydrogen (secondary N) is 2. The topological polar surface area (TPSA) is 92.7 Å². The summed E-state index contributed by atoms with van der Waals surface area (Å²) in [5, 5.41) is 2.47. The molecule has 2 rings (SSSR count). The molecule has 2 N–H and O–H groups in total. The van der Waals surface area contributed by atoms with Gasteiger partial charge in [0.15, 0.2) is 5.65 Å². The standard InChI is InChI=1S/C9H11N5O2.2H2/c1-3-14-7-6(12-9(14)16)4-10-8(13-7)11-5(2)15;;/h4H,3H2,1-2H3,(H,12,16)(H,10,11,13,15);2*1H. The van der Waals surface area contributed by atoms with Crippen molar-refractivity contribution < 1.29 is 7.65 Å². The minimum absolute atomic E-state index is 0. The number of aryl methyl sites for hydroxylation is 1. The summed E-state index contributed by atoms with van der Waals surface area (Å²) in [6.07, 6.45) is 1.47. The lowest BCUT2D eigenvalue weighted by molar-refractivity contribution is -0.114. The van der Waals surface area contributed by atoms with Crippen molar-refractivity contribution in [2.45, 2.75) is 20.4 Å². The number of fused-ring (bicyclic) bond motifs is 1. The van der Waals surface area contributed by atoms with Gasteiger partial charge in [0.25, 0.3) is 0 Å². The minimum Gasteiger partial charge on any atom is -0.303 e. The summed E-state index contributed by atoms with van der Waals surface area (Å²) >= 11 is 0. The molecule has 16 heavy (non-hydrogen) atoms. The van der Waals surface area contributed by atoms with Gasteiger partial charge in [0.2, 0.25) is 11.9 Å². The van der Waals surface area contributed by atoms with Crippen molar-refractivity contribution in [2.24, 2.45) is 0 Å². The van der Waals surface area contributed by atoms with Gasteiger partial charge in [0, 0.05) is 16.3 Å². The molecule has 0 unspecified atom stereocenters. The Balaban J connectivity index is 0.00000144. The number of imidazole rings is 1. The number of aromatic nitrogens is 4. The van der Waals surface area contributed by atoms with Crippen molar-refractivity contribution in [3.05, 3.63) is 16.7 Å². The molecule has 1 amide bonds. The second kappa shape index (κ2) is 3.76. The summed E-state index contributed by atoms with van der Waals surface area (Å²) in [5.74, 6) is -0.0542. The maximum Gasteiger partial charge on any atom is 0.327 e. The third kappa shape index (κ3) is 1.67. The molecule has 2 aromatic rings. The van der Waals surface area contributed by atoms with E-state index in [1.54, 1.807) is 0 Å². The van der Waals surface area contributed by atoms with Gasteiger partial charge >= 0.3 is 5.69 Å². The van der Waals surface area contributed by atoms with Crippen LogP contribution in [0.1, 0.15) is 16.7 Å². The van der Waals surface area contributed by atoms with Crippen LogP contribution >= 0.6 is 0 Å². The Hall–Kier alpha value is -2.18. The number of hydrogen-bond acceptors (Lipinski definition) is 4. The Kier molecular flexibility index (Phi) is 2.43. The molecule has 7 nitrogen and oxygen atoms in total. The van der Waals surface area contributed by atoms with Gasteiger partial charge in [-0.05, 0) is 6.92 Å². The van der Waals surface area contributed by atoms with E-state index in [-0.39, 0.29) is 20.4 Å². The fourth-order valence-corrected chi connectivity index (χ4v) is 1.46. The minimum atomic E-state index is -0.250. The van der Waals surface area contributed by atoms with E-state index in [0.717, 1.165) is 0 Å². The first-order valence-electron chi connectivity index (χ1n) is 4.85. The normalized spacial score (nSPS) is 10.6. The predicted octanol–water partition coefficient (Wildman–Crippen LogP) is 0.590. The zero-order valence-corrected chi connectivity index (χ0v) is 8.94. The van der Waals surface area contributed by atoms with Crippen LogP contribution in [-0.4, -0.2) is 25.4 Å². The average molecular weight is 225 g/mol. The summed E-state index contributed by atoms with van der Waals surface area (Å²) in [6, 6.07) is 0. The number of anilines is 1. The molecule has 0 radical (unpaired) electrons. The highest BCUT2D eigenvalue weighted by atomic mass is 16.2. The van der Waals surface area contributed by atoms with E-state index in [0.29, 0.717) is 17.7 Å². The van der Waals surface area contributed by atoms with Gasteiger partial charge in [-0.25, -0.2) is 9.78 Å². The lowest BCUT2D eigenvalue weighted by atomic mass is 10.5. The number of rotatable bonds is 2. The molecule has 0 fully saturated rings. The van der Waals surface area contributed by atoms with Gasteiger partial charge in [-0.3, -0.25) is 14.7 Å². The summed E-state index contributed by atoms with van der Waals surface area (Å²) < 4.78 is 1.47. The Morgan fingerprint density at radius 2 is 2.44 bits per heavy atom. The summed E-state index contributed by atoms with van der Waals surface area (Å²) in [6.45, 7) is 3.72. The van der Waals surface area contributed by atoms with E-state index in [1.807, 2.05) is 6.92 Å². The molecule has 0 saturated heterocycles. The molecule has 7 heteroatoms. The van der Waals surface area contributed by atoms with Crippen molar-refractivity contribution in [3.8, 4) is 0 Å². The van der Waals surface area contributed by atoms with E-state index in [2.05, 4.69) is 20.3 Å². The van der Waals surface area contributed by atoms with E-state index >= 15 is 0 Å². The van der Waals surface area contributed by atoms with Gasteiger partial charge in [-0.15, -0.1) is 0 Å². The quantitative estimate of drug-likeness (QED) is 0.782. The Morgan fingerprint density at radius 3 is 3.06 bits per heavy atom. The SMILES string of the molecule is CCn1c(=O)[nH]c2cnc(NC(C)=O)nc21.[HH].[HH]. The van der Waals surface area contributed by atoms with Crippen LogP contribution in [0.4, 0.5) is 5.95 Å². The molecule has 88 valence electrons. The summed E-state index contributed by atoms with van der Waals surface area (Å²) in [7, 11) is 0. The van der Waals surface area contributed by atoms with Crippen molar-refractivity contribution in [3.63, 3.8) is 0 Å². The van der Waals surface area contributed by atoms with Crippen LogP contribution in [0.3, 0.4) is 0 Å². The molecule has 0 aliphatic heterocycles. The number of carbonyl (C=O) groups excluding carboxylic acids is 1. The number of hydrogen-bond donors (Lipinski definition) is 2. The molecule has 0 saturated carbocycles. The lowest BCUT2D eigenvalue weighted by Crippen LogP contribution is -2.16. The first kappa shape index (κ1) is 10.3. The first-order chi connectivity index (χ1) is 7.61. The van der Waals surface area contributed by atoms with Gasteiger partial charge in [0.05, 0.1) is 6.20 Å². The molecule has 0 spiro atoms.